The van der Waals surface area contributed by atoms with Crippen molar-refractivity contribution in [3.8, 4) is 17.2 Å². The van der Waals surface area contributed by atoms with Gasteiger partial charge in [-0.15, -0.1) is 0 Å². The van der Waals surface area contributed by atoms with Crippen molar-refractivity contribution in [2.45, 2.75) is 0 Å². The Kier molecular flexibility index (Phi) is 4.87. The van der Waals surface area contributed by atoms with Crippen LogP contribution in [0.2, 0.25) is 0 Å². The first-order valence-corrected chi connectivity index (χ1v) is 8.48. The molecule has 1 aliphatic rings. The van der Waals surface area contributed by atoms with Crippen LogP contribution in [0.15, 0.2) is 65.2 Å². The minimum atomic E-state index is -0.745. The molecule has 1 heterocycles. The lowest BCUT2D eigenvalue weighted by Gasteiger charge is -2.18. The zero-order valence-corrected chi connectivity index (χ0v) is 14.2. The molecule has 0 spiro atoms. The number of anilines is 1. The third-order valence-corrected chi connectivity index (χ3v) is 4.78. The van der Waals surface area contributed by atoms with E-state index in [4.69, 9.17) is 0 Å². The molecule has 1 saturated heterocycles. The van der Waals surface area contributed by atoms with Crippen molar-refractivity contribution >= 4 is 29.3 Å². The van der Waals surface area contributed by atoms with Gasteiger partial charge in [0.2, 0.25) is 5.91 Å². The number of hydrogen-bond acceptors (Lipinski definition) is 5. The number of hydrogen-bond donors (Lipinski definition) is 0. The van der Waals surface area contributed by atoms with Crippen LogP contribution < -0.4 is 4.90 Å². The normalized spacial score (nSPS) is 15.7. The zero-order valence-electron chi connectivity index (χ0n) is 13.4. The molecule has 1 fully saturated rings. The summed E-state index contributed by atoms with van der Waals surface area (Å²) >= 11 is 1.16. The number of amides is 1. The van der Waals surface area contributed by atoms with Gasteiger partial charge in [-0.3, -0.25) is 9.69 Å². The van der Waals surface area contributed by atoms with Crippen molar-refractivity contribution in [2.75, 3.05) is 17.8 Å². The molecule has 5 nitrogen and oxygen atoms in total. The number of nitrogens with zero attached hydrogens (tertiary/aromatic N) is 2. The standard InChI is InChI=1S/C19H14N2O3S/c1-24-19(23)16(11-20)18-21(17(22)12-25-18)15-9-7-14(8-10-15)13-5-3-2-4-6-13/h2-10H,12H2,1H3. The maximum atomic E-state index is 12.3. The van der Waals surface area contributed by atoms with E-state index in [0.29, 0.717) is 10.7 Å². The summed E-state index contributed by atoms with van der Waals surface area (Å²) in [6, 6.07) is 19.1. The molecule has 6 heteroatoms. The monoisotopic (exact) mass is 350 g/mol. The molecule has 1 amide bonds. The van der Waals surface area contributed by atoms with Crippen molar-refractivity contribution in [3.63, 3.8) is 0 Å². The molecular formula is C19H14N2O3S. The van der Waals surface area contributed by atoms with Gasteiger partial charge < -0.3 is 4.74 Å². The second kappa shape index (κ2) is 7.24. The fourth-order valence-corrected chi connectivity index (χ4v) is 3.53. The van der Waals surface area contributed by atoms with Crippen LogP contribution >= 0.6 is 11.8 Å². The van der Waals surface area contributed by atoms with Gasteiger partial charge in [0.15, 0.2) is 5.57 Å². The molecule has 0 bridgehead atoms. The quantitative estimate of drug-likeness (QED) is 0.482. The summed E-state index contributed by atoms with van der Waals surface area (Å²) in [6.45, 7) is 0. The Labute approximate surface area is 149 Å². The van der Waals surface area contributed by atoms with Gasteiger partial charge in [0.1, 0.15) is 11.1 Å². The Morgan fingerprint density at radius 1 is 1.12 bits per heavy atom. The summed E-state index contributed by atoms with van der Waals surface area (Å²) in [5.74, 6) is -0.743. The first-order chi connectivity index (χ1) is 12.2. The van der Waals surface area contributed by atoms with Crippen molar-refractivity contribution in [1.29, 1.82) is 5.26 Å². The van der Waals surface area contributed by atoms with Gasteiger partial charge in [0.25, 0.3) is 0 Å². The van der Waals surface area contributed by atoms with E-state index in [1.165, 1.54) is 12.0 Å². The number of carbonyl (C=O) groups excluding carboxylic acids is 2. The van der Waals surface area contributed by atoms with Crippen LogP contribution in [-0.2, 0) is 14.3 Å². The molecular weight excluding hydrogens is 336 g/mol. The summed E-state index contributed by atoms with van der Waals surface area (Å²) < 4.78 is 4.64. The number of thioether (sulfide) groups is 1. The largest absolute Gasteiger partial charge is 0.465 e. The number of carbonyl (C=O) groups is 2. The number of ether oxygens (including phenoxy) is 1. The van der Waals surface area contributed by atoms with E-state index in [1.807, 2.05) is 48.5 Å². The number of methoxy groups -OCH3 is 1. The smallest absolute Gasteiger partial charge is 0.351 e. The third-order valence-electron chi connectivity index (χ3n) is 3.73. The second-order valence-electron chi connectivity index (χ2n) is 5.21. The molecule has 0 N–H and O–H groups in total. The van der Waals surface area contributed by atoms with Gasteiger partial charge in [-0.05, 0) is 23.3 Å². The Morgan fingerprint density at radius 3 is 2.36 bits per heavy atom. The first kappa shape index (κ1) is 16.8. The molecule has 25 heavy (non-hydrogen) atoms. The first-order valence-electron chi connectivity index (χ1n) is 7.49. The molecule has 3 rings (SSSR count). The van der Waals surface area contributed by atoms with E-state index < -0.39 is 5.97 Å². The predicted molar refractivity (Wildman–Crippen MR) is 96.5 cm³/mol. The average Bonchev–Trinajstić information content (AvgIpc) is 3.04. The highest BCUT2D eigenvalue weighted by Crippen LogP contribution is 2.37. The molecule has 2 aromatic rings. The van der Waals surface area contributed by atoms with Crippen molar-refractivity contribution in [3.05, 3.63) is 65.2 Å². The number of rotatable bonds is 3. The summed E-state index contributed by atoms with van der Waals surface area (Å²) in [5, 5.41) is 9.58. The van der Waals surface area contributed by atoms with E-state index in [0.717, 1.165) is 22.9 Å². The van der Waals surface area contributed by atoms with E-state index in [9.17, 15) is 14.9 Å². The lowest BCUT2D eigenvalue weighted by molar-refractivity contribution is -0.135. The summed E-state index contributed by atoms with van der Waals surface area (Å²) in [4.78, 5) is 25.5. The van der Waals surface area contributed by atoms with Crippen molar-refractivity contribution < 1.29 is 14.3 Å². The highest BCUT2D eigenvalue weighted by atomic mass is 32.2. The fourth-order valence-electron chi connectivity index (χ4n) is 2.53. The molecule has 0 radical (unpaired) electrons. The predicted octanol–water partition coefficient (Wildman–Crippen LogP) is 3.34. The summed E-state index contributed by atoms with van der Waals surface area (Å²) in [7, 11) is 1.21. The fraction of sp³-hybridized carbons (Fsp3) is 0.105. The number of nitriles is 1. The van der Waals surface area contributed by atoms with E-state index in [2.05, 4.69) is 4.74 Å². The van der Waals surface area contributed by atoms with E-state index in [1.54, 1.807) is 12.1 Å². The van der Waals surface area contributed by atoms with Gasteiger partial charge in [0, 0.05) is 5.69 Å². The molecule has 1 aliphatic heterocycles. The van der Waals surface area contributed by atoms with Gasteiger partial charge in [-0.1, -0.05) is 54.2 Å². The van der Waals surface area contributed by atoms with Gasteiger partial charge in [-0.2, -0.15) is 5.26 Å². The second-order valence-corrected chi connectivity index (χ2v) is 6.18. The van der Waals surface area contributed by atoms with Crippen LogP contribution in [0, 0.1) is 11.3 Å². The van der Waals surface area contributed by atoms with Crippen LogP contribution in [0.25, 0.3) is 11.1 Å². The SMILES string of the molecule is COC(=O)C(C#N)=C1SCC(=O)N1c1ccc(-c2ccccc2)cc1. The highest BCUT2D eigenvalue weighted by Gasteiger charge is 2.33. The lowest BCUT2D eigenvalue weighted by atomic mass is 10.1. The Hall–Kier alpha value is -3.04. The van der Waals surface area contributed by atoms with E-state index in [-0.39, 0.29) is 17.2 Å². The summed E-state index contributed by atoms with van der Waals surface area (Å²) in [5.41, 5.74) is 2.54. The maximum Gasteiger partial charge on any atom is 0.351 e. The van der Waals surface area contributed by atoms with Gasteiger partial charge >= 0.3 is 5.97 Å². The topological polar surface area (TPSA) is 70.4 Å². The van der Waals surface area contributed by atoms with Crippen molar-refractivity contribution in [2.24, 2.45) is 0 Å². The summed E-state index contributed by atoms with van der Waals surface area (Å²) in [6.07, 6.45) is 0. The Balaban J connectivity index is 1.99. The zero-order chi connectivity index (χ0) is 17.8. The Bertz CT molecular complexity index is 883. The van der Waals surface area contributed by atoms with Crippen LogP contribution in [0.4, 0.5) is 5.69 Å². The number of esters is 1. The molecule has 124 valence electrons. The lowest BCUT2D eigenvalue weighted by Crippen LogP contribution is -2.25. The number of benzene rings is 2. The average molecular weight is 350 g/mol. The highest BCUT2D eigenvalue weighted by molar-refractivity contribution is 8.04. The molecule has 0 aromatic heterocycles. The minimum absolute atomic E-state index is 0.162. The molecule has 2 aromatic carbocycles. The molecule has 0 saturated carbocycles. The van der Waals surface area contributed by atoms with Crippen LogP contribution in [-0.4, -0.2) is 24.7 Å². The molecule has 0 atom stereocenters. The van der Waals surface area contributed by atoms with Crippen LogP contribution in [0.3, 0.4) is 0 Å². The van der Waals surface area contributed by atoms with Crippen LogP contribution in [0.1, 0.15) is 0 Å². The maximum absolute atomic E-state index is 12.3. The van der Waals surface area contributed by atoms with Crippen LogP contribution in [0.5, 0.6) is 0 Å². The molecule has 0 unspecified atom stereocenters. The molecule has 0 aliphatic carbocycles. The van der Waals surface area contributed by atoms with Gasteiger partial charge in [0.05, 0.1) is 12.9 Å². The third kappa shape index (κ3) is 3.28. The van der Waals surface area contributed by atoms with E-state index >= 15 is 0 Å². The minimum Gasteiger partial charge on any atom is -0.465 e. The van der Waals surface area contributed by atoms with Gasteiger partial charge in [-0.25, -0.2) is 4.79 Å². The van der Waals surface area contributed by atoms with Crippen molar-refractivity contribution in [1.82, 2.24) is 0 Å². The Morgan fingerprint density at radius 2 is 1.76 bits per heavy atom.